The molecule has 4 nitrogen and oxygen atoms in total. The van der Waals surface area contributed by atoms with Crippen LogP contribution in [0.2, 0.25) is 0 Å². The fourth-order valence-electron chi connectivity index (χ4n) is 1.53. The van der Waals surface area contributed by atoms with E-state index in [2.05, 4.69) is 27.1 Å². The van der Waals surface area contributed by atoms with Gasteiger partial charge in [-0.3, -0.25) is 5.10 Å². The number of rotatable bonds is 1. The van der Waals surface area contributed by atoms with Crippen molar-refractivity contribution in [2.75, 3.05) is 0 Å². The van der Waals surface area contributed by atoms with E-state index in [1.54, 1.807) is 0 Å². The molecule has 68 valence electrons. The summed E-state index contributed by atoms with van der Waals surface area (Å²) in [6.45, 7) is 5.98. The van der Waals surface area contributed by atoms with E-state index in [0.29, 0.717) is 0 Å². The van der Waals surface area contributed by atoms with Crippen LogP contribution < -0.4 is 0 Å². The Bertz CT molecular complexity index is 444. The second-order valence-corrected chi connectivity index (χ2v) is 3.12. The number of aryl methyl sites for hydroxylation is 3. The number of aromatic amines is 1. The minimum Gasteiger partial charge on any atom is -0.280 e. The Kier molecular flexibility index (Phi) is 1.76. The van der Waals surface area contributed by atoms with Crippen LogP contribution in [-0.2, 0) is 6.42 Å². The van der Waals surface area contributed by atoms with Gasteiger partial charge in [0.25, 0.3) is 0 Å². The van der Waals surface area contributed by atoms with Gasteiger partial charge in [-0.1, -0.05) is 6.92 Å². The van der Waals surface area contributed by atoms with E-state index in [0.717, 1.165) is 34.7 Å². The van der Waals surface area contributed by atoms with Crippen molar-refractivity contribution in [3.05, 3.63) is 17.2 Å². The van der Waals surface area contributed by atoms with Gasteiger partial charge in [-0.05, 0) is 20.3 Å². The second-order valence-electron chi connectivity index (χ2n) is 3.12. The van der Waals surface area contributed by atoms with Gasteiger partial charge in [0.15, 0.2) is 5.65 Å². The van der Waals surface area contributed by atoms with Crippen molar-refractivity contribution in [2.45, 2.75) is 27.2 Å². The Balaban J connectivity index is 2.85. The Labute approximate surface area is 76.4 Å². The molecule has 0 aliphatic heterocycles. The van der Waals surface area contributed by atoms with Crippen LogP contribution in [0.3, 0.4) is 0 Å². The Morgan fingerprint density at radius 1 is 1.23 bits per heavy atom. The van der Waals surface area contributed by atoms with Gasteiger partial charge in [-0.25, -0.2) is 9.97 Å². The van der Waals surface area contributed by atoms with Gasteiger partial charge in [0.1, 0.15) is 5.82 Å². The van der Waals surface area contributed by atoms with E-state index in [1.165, 1.54) is 0 Å². The molecule has 1 N–H and O–H groups in total. The topological polar surface area (TPSA) is 54.5 Å². The van der Waals surface area contributed by atoms with Gasteiger partial charge in [0.05, 0.1) is 11.1 Å². The standard InChI is InChI=1S/C9H12N4/c1-4-7-8-5(2)12-13-9(8)11-6(3)10-7/h4H2,1-3H3,(H,10,11,12,13). The summed E-state index contributed by atoms with van der Waals surface area (Å²) >= 11 is 0. The Morgan fingerprint density at radius 2 is 2.00 bits per heavy atom. The van der Waals surface area contributed by atoms with E-state index in [4.69, 9.17) is 0 Å². The van der Waals surface area contributed by atoms with Crippen LogP contribution in [0.5, 0.6) is 0 Å². The molecule has 0 saturated heterocycles. The van der Waals surface area contributed by atoms with Gasteiger partial charge in [0, 0.05) is 5.69 Å². The average Bonchev–Trinajstić information content (AvgIpc) is 2.46. The van der Waals surface area contributed by atoms with Crippen molar-refractivity contribution in [3.63, 3.8) is 0 Å². The molecule has 0 unspecified atom stereocenters. The van der Waals surface area contributed by atoms with Crippen LogP contribution in [-0.4, -0.2) is 20.2 Å². The highest BCUT2D eigenvalue weighted by atomic mass is 15.2. The quantitative estimate of drug-likeness (QED) is 0.716. The molecule has 2 heterocycles. The summed E-state index contributed by atoms with van der Waals surface area (Å²) in [4.78, 5) is 8.63. The molecule has 0 aliphatic carbocycles. The molecule has 0 fully saturated rings. The lowest BCUT2D eigenvalue weighted by atomic mass is 10.2. The summed E-state index contributed by atoms with van der Waals surface area (Å²) in [6.07, 6.45) is 0.917. The summed E-state index contributed by atoms with van der Waals surface area (Å²) in [5.41, 5.74) is 2.91. The first-order chi connectivity index (χ1) is 6.22. The minimum atomic E-state index is 0.779. The lowest BCUT2D eigenvalue weighted by Gasteiger charge is -1.99. The highest BCUT2D eigenvalue weighted by molar-refractivity contribution is 5.80. The van der Waals surface area contributed by atoms with Gasteiger partial charge in [-0.15, -0.1) is 0 Å². The molecule has 13 heavy (non-hydrogen) atoms. The third-order valence-corrected chi connectivity index (χ3v) is 2.12. The maximum Gasteiger partial charge on any atom is 0.184 e. The molecule has 0 radical (unpaired) electrons. The van der Waals surface area contributed by atoms with E-state index in [9.17, 15) is 0 Å². The highest BCUT2D eigenvalue weighted by Gasteiger charge is 2.08. The predicted octanol–water partition coefficient (Wildman–Crippen LogP) is 1.53. The molecule has 0 aromatic carbocycles. The zero-order valence-electron chi connectivity index (χ0n) is 8.05. The highest BCUT2D eigenvalue weighted by Crippen LogP contribution is 2.17. The minimum absolute atomic E-state index is 0.779. The monoisotopic (exact) mass is 176 g/mol. The number of nitrogens with one attached hydrogen (secondary N) is 1. The van der Waals surface area contributed by atoms with Gasteiger partial charge >= 0.3 is 0 Å². The fraction of sp³-hybridized carbons (Fsp3) is 0.444. The molecule has 2 aromatic rings. The van der Waals surface area contributed by atoms with Crippen molar-refractivity contribution in [1.82, 2.24) is 20.2 Å². The van der Waals surface area contributed by atoms with Crippen LogP contribution in [0.1, 0.15) is 24.1 Å². The maximum atomic E-state index is 4.38. The van der Waals surface area contributed by atoms with Crippen molar-refractivity contribution in [1.29, 1.82) is 0 Å². The summed E-state index contributed by atoms with van der Waals surface area (Å²) in [7, 11) is 0. The summed E-state index contributed by atoms with van der Waals surface area (Å²) in [6, 6.07) is 0. The van der Waals surface area contributed by atoms with Crippen LogP contribution in [0.25, 0.3) is 11.0 Å². The number of H-pyrrole nitrogens is 1. The SMILES string of the molecule is CCc1nc(C)nc2n[nH]c(C)c12. The van der Waals surface area contributed by atoms with Gasteiger partial charge < -0.3 is 0 Å². The molecule has 2 rings (SSSR count). The number of hydrogen-bond donors (Lipinski definition) is 1. The Morgan fingerprint density at radius 3 is 2.69 bits per heavy atom. The second kappa shape index (κ2) is 2.80. The van der Waals surface area contributed by atoms with E-state index >= 15 is 0 Å². The molecule has 0 spiro atoms. The molecule has 0 bridgehead atoms. The van der Waals surface area contributed by atoms with E-state index in [-0.39, 0.29) is 0 Å². The molecular formula is C9H12N4. The number of aromatic nitrogens is 4. The Hall–Kier alpha value is -1.45. The fourth-order valence-corrected chi connectivity index (χ4v) is 1.53. The molecular weight excluding hydrogens is 164 g/mol. The van der Waals surface area contributed by atoms with E-state index < -0.39 is 0 Å². The molecule has 2 aromatic heterocycles. The van der Waals surface area contributed by atoms with Crippen LogP contribution in [0.4, 0.5) is 0 Å². The average molecular weight is 176 g/mol. The lowest BCUT2D eigenvalue weighted by Crippen LogP contribution is -1.95. The molecule has 0 atom stereocenters. The van der Waals surface area contributed by atoms with Crippen LogP contribution in [0, 0.1) is 13.8 Å². The summed E-state index contributed by atoms with van der Waals surface area (Å²) in [5.74, 6) is 0.788. The van der Waals surface area contributed by atoms with Crippen molar-refractivity contribution in [2.24, 2.45) is 0 Å². The van der Waals surface area contributed by atoms with Crippen molar-refractivity contribution >= 4 is 11.0 Å². The summed E-state index contributed by atoms with van der Waals surface area (Å²) < 4.78 is 0. The third-order valence-electron chi connectivity index (χ3n) is 2.12. The smallest absolute Gasteiger partial charge is 0.184 e. The zero-order chi connectivity index (χ0) is 9.42. The number of fused-ring (bicyclic) bond motifs is 1. The normalized spacial score (nSPS) is 11.0. The molecule has 4 heteroatoms. The predicted molar refractivity (Wildman–Crippen MR) is 50.5 cm³/mol. The first kappa shape index (κ1) is 8.16. The van der Waals surface area contributed by atoms with Crippen LogP contribution >= 0.6 is 0 Å². The van der Waals surface area contributed by atoms with Crippen LogP contribution in [0.15, 0.2) is 0 Å². The lowest BCUT2D eigenvalue weighted by molar-refractivity contribution is 0.974. The van der Waals surface area contributed by atoms with Crippen molar-refractivity contribution < 1.29 is 0 Å². The van der Waals surface area contributed by atoms with Gasteiger partial charge in [-0.2, -0.15) is 5.10 Å². The molecule has 0 aliphatic rings. The van der Waals surface area contributed by atoms with Gasteiger partial charge in [0.2, 0.25) is 0 Å². The first-order valence-electron chi connectivity index (χ1n) is 4.40. The number of hydrogen-bond acceptors (Lipinski definition) is 3. The molecule has 0 saturated carbocycles. The maximum absolute atomic E-state index is 4.38. The molecule has 0 amide bonds. The van der Waals surface area contributed by atoms with E-state index in [1.807, 2.05) is 13.8 Å². The first-order valence-corrected chi connectivity index (χ1v) is 4.40. The third kappa shape index (κ3) is 1.18. The summed E-state index contributed by atoms with van der Waals surface area (Å²) in [5, 5.41) is 8.11. The zero-order valence-corrected chi connectivity index (χ0v) is 8.05. The largest absolute Gasteiger partial charge is 0.280 e. The van der Waals surface area contributed by atoms with Crippen molar-refractivity contribution in [3.8, 4) is 0 Å². The number of nitrogens with zero attached hydrogens (tertiary/aromatic N) is 3.